The van der Waals surface area contributed by atoms with Gasteiger partial charge in [-0.05, 0) is 32.5 Å². The summed E-state index contributed by atoms with van der Waals surface area (Å²) < 4.78 is 0. The number of fused-ring (bicyclic) bond motifs is 2. The van der Waals surface area contributed by atoms with Crippen molar-refractivity contribution < 1.29 is 0 Å². The van der Waals surface area contributed by atoms with Gasteiger partial charge in [-0.15, -0.1) is 0 Å². The molecule has 9 heteroatoms. The van der Waals surface area contributed by atoms with Crippen molar-refractivity contribution in [2.75, 3.05) is 24.2 Å². The van der Waals surface area contributed by atoms with Crippen molar-refractivity contribution in [2.24, 2.45) is 0 Å². The minimum absolute atomic E-state index is 0.503. The van der Waals surface area contributed by atoms with Gasteiger partial charge in [-0.1, -0.05) is 12.1 Å². The molecule has 0 saturated heterocycles. The number of hydrogen-bond acceptors (Lipinski definition) is 7. The van der Waals surface area contributed by atoms with E-state index in [1.54, 1.807) is 0 Å². The van der Waals surface area contributed by atoms with E-state index in [9.17, 15) is 0 Å². The molecule has 3 aromatic heterocycles. The molecule has 28 heavy (non-hydrogen) atoms. The maximum Gasteiger partial charge on any atom is 0.231 e. The fourth-order valence-electron chi connectivity index (χ4n) is 3.44. The number of aromatic nitrogens is 6. The lowest BCUT2D eigenvalue weighted by Gasteiger charge is -2.26. The zero-order chi connectivity index (χ0) is 19.1. The monoisotopic (exact) mass is 375 g/mol. The van der Waals surface area contributed by atoms with E-state index in [-0.39, 0.29) is 0 Å². The molecule has 4 aromatic rings. The Bertz CT molecular complexity index is 1110. The van der Waals surface area contributed by atoms with Crippen LogP contribution >= 0.6 is 0 Å². The summed E-state index contributed by atoms with van der Waals surface area (Å²) in [4.78, 5) is 19.5. The van der Waals surface area contributed by atoms with Gasteiger partial charge >= 0.3 is 0 Å². The molecule has 1 aliphatic rings. The molecular formula is C19H21N9. The number of anilines is 4. The quantitative estimate of drug-likeness (QED) is 0.434. The average Bonchev–Trinajstić information content (AvgIpc) is 3.26. The van der Waals surface area contributed by atoms with Crippen molar-refractivity contribution in [3.63, 3.8) is 0 Å². The van der Waals surface area contributed by atoms with E-state index in [1.807, 2.05) is 37.3 Å². The van der Waals surface area contributed by atoms with Crippen molar-refractivity contribution >= 4 is 34.6 Å². The van der Waals surface area contributed by atoms with E-state index in [0.29, 0.717) is 11.9 Å². The third-order valence-electron chi connectivity index (χ3n) is 4.83. The van der Waals surface area contributed by atoms with Gasteiger partial charge in [-0.3, -0.25) is 10.4 Å². The van der Waals surface area contributed by atoms with Gasteiger partial charge in [0.2, 0.25) is 11.9 Å². The second-order valence-corrected chi connectivity index (χ2v) is 7.10. The summed E-state index contributed by atoms with van der Waals surface area (Å²) in [5.74, 6) is 2.64. The molecule has 5 rings (SSSR count). The Balaban J connectivity index is 1.51. The number of rotatable bonds is 4. The summed E-state index contributed by atoms with van der Waals surface area (Å²) in [5, 5.41) is 13.8. The molecule has 0 spiro atoms. The van der Waals surface area contributed by atoms with E-state index in [0.717, 1.165) is 59.1 Å². The van der Waals surface area contributed by atoms with E-state index >= 15 is 0 Å². The standard InChI is InChI=1S/C19H21N9/c1-11-9-16(27-26-11)23-17-12-7-8-28(2)10-15(12)22-19(24-17)25-18-20-13-5-3-4-6-14(13)21-18/h3-6,9H,7-8,10H2,1-2H3,(H4,20,21,22,23,24,25,26,27). The smallest absolute Gasteiger partial charge is 0.231 e. The molecule has 0 bridgehead atoms. The van der Waals surface area contributed by atoms with Crippen LogP contribution in [0.2, 0.25) is 0 Å². The molecule has 4 heterocycles. The molecule has 0 radical (unpaired) electrons. The van der Waals surface area contributed by atoms with Gasteiger partial charge < -0.3 is 15.2 Å². The largest absolute Gasteiger partial charge is 0.324 e. The van der Waals surface area contributed by atoms with Crippen molar-refractivity contribution in [2.45, 2.75) is 19.9 Å². The third kappa shape index (κ3) is 3.16. The van der Waals surface area contributed by atoms with Crippen LogP contribution in [-0.4, -0.2) is 48.6 Å². The first-order valence-electron chi connectivity index (χ1n) is 9.23. The third-order valence-corrected chi connectivity index (χ3v) is 4.83. The normalized spacial score (nSPS) is 14.2. The summed E-state index contributed by atoms with van der Waals surface area (Å²) in [6.07, 6.45) is 0.891. The molecule has 0 amide bonds. The van der Waals surface area contributed by atoms with E-state index in [4.69, 9.17) is 9.97 Å². The highest BCUT2D eigenvalue weighted by Crippen LogP contribution is 2.27. The highest BCUT2D eigenvalue weighted by molar-refractivity contribution is 5.78. The summed E-state index contributed by atoms with van der Waals surface area (Å²) >= 11 is 0. The van der Waals surface area contributed by atoms with Crippen LogP contribution in [0, 0.1) is 6.92 Å². The number of likely N-dealkylation sites (N-methyl/N-ethyl adjacent to an activating group) is 1. The molecule has 9 nitrogen and oxygen atoms in total. The van der Waals surface area contributed by atoms with E-state index in [2.05, 4.69) is 42.7 Å². The highest BCUT2D eigenvalue weighted by Gasteiger charge is 2.21. The second-order valence-electron chi connectivity index (χ2n) is 7.10. The molecular weight excluding hydrogens is 354 g/mol. The summed E-state index contributed by atoms with van der Waals surface area (Å²) in [6, 6.07) is 9.85. The number of H-pyrrole nitrogens is 2. The van der Waals surface area contributed by atoms with Gasteiger partial charge in [0.15, 0.2) is 5.82 Å². The summed E-state index contributed by atoms with van der Waals surface area (Å²) in [6.45, 7) is 3.72. The zero-order valence-electron chi connectivity index (χ0n) is 15.7. The lowest BCUT2D eigenvalue weighted by Crippen LogP contribution is -2.28. The molecule has 0 unspecified atom stereocenters. The maximum atomic E-state index is 4.74. The minimum Gasteiger partial charge on any atom is -0.324 e. The predicted octanol–water partition coefficient (Wildman–Crippen LogP) is 2.86. The Morgan fingerprint density at radius 3 is 2.82 bits per heavy atom. The molecule has 0 fully saturated rings. The Kier molecular flexibility index (Phi) is 3.94. The molecule has 1 aromatic carbocycles. The van der Waals surface area contributed by atoms with Crippen molar-refractivity contribution in [3.8, 4) is 0 Å². The van der Waals surface area contributed by atoms with Gasteiger partial charge in [0, 0.05) is 30.4 Å². The number of hydrogen-bond donors (Lipinski definition) is 4. The van der Waals surface area contributed by atoms with E-state index in [1.165, 1.54) is 0 Å². The Morgan fingerprint density at radius 1 is 1.11 bits per heavy atom. The molecule has 4 N–H and O–H groups in total. The van der Waals surface area contributed by atoms with Crippen LogP contribution in [-0.2, 0) is 13.0 Å². The number of para-hydroxylation sites is 2. The van der Waals surface area contributed by atoms with Crippen molar-refractivity contribution in [1.29, 1.82) is 0 Å². The van der Waals surface area contributed by atoms with Gasteiger partial charge in [0.25, 0.3) is 0 Å². The Labute approximate surface area is 161 Å². The predicted molar refractivity (Wildman–Crippen MR) is 108 cm³/mol. The first-order chi connectivity index (χ1) is 13.6. The number of benzene rings is 1. The minimum atomic E-state index is 0.503. The van der Waals surface area contributed by atoms with Crippen LogP contribution in [0.15, 0.2) is 30.3 Å². The Hall–Kier alpha value is -3.46. The lowest BCUT2D eigenvalue weighted by molar-refractivity contribution is 0.307. The fourth-order valence-corrected chi connectivity index (χ4v) is 3.44. The maximum absolute atomic E-state index is 4.74. The first kappa shape index (κ1) is 16.7. The topological polar surface area (TPSA) is 110 Å². The van der Waals surface area contributed by atoms with Gasteiger partial charge in [0.05, 0.1) is 16.7 Å². The summed E-state index contributed by atoms with van der Waals surface area (Å²) in [5.41, 5.74) is 5.00. The molecule has 1 aliphatic heterocycles. The number of aryl methyl sites for hydroxylation is 1. The fraction of sp³-hybridized carbons (Fsp3) is 0.263. The molecule has 0 atom stereocenters. The van der Waals surface area contributed by atoms with Crippen LogP contribution < -0.4 is 10.6 Å². The summed E-state index contributed by atoms with van der Waals surface area (Å²) in [7, 11) is 2.10. The van der Waals surface area contributed by atoms with Crippen molar-refractivity contribution in [3.05, 3.63) is 47.3 Å². The first-order valence-corrected chi connectivity index (χ1v) is 9.23. The zero-order valence-corrected chi connectivity index (χ0v) is 15.7. The number of nitrogens with one attached hydrogen (secondary N) is 4. The highest BCUT2D eigenvalue weighted by atomic mass is 15.3. The molecule has 0 saturated carbocycles. The number of aromatic amines is 2. The van der Waals surface area contributed by atoms with Gasteiger partial charge in [-0.25, -0.2) is 9.97 Å². The molecule has 142 valence electrons. The SMILES string of the molecule is Cc1cc(Nc2nc(Nc3nc4ccccc4[nH]3)nc3c2CCN(C)C3)n[nH]1. The van der Waals surface area contributed by atoms with Crippen LogP contribution in [0.4, 0.5) is 23.5 Å². The molecule has 0 aliphatic carbocycles. The van der Waals surface area contributed by atoms with Crippen LogP contribution in [0.25, 0.3) is 11.0 Å². The van der Waals surface area contributed by atoms with Crippen molar-refractivity contribution in [1.82, 2.24) is 35.0 Å². The van der Waals surface area contributed by atoms with Crippen LogP contribution in [0.5, 0.6) is 0 Å². The van der Waals surface area contributed by atoms with Gasteiger partial charge in [-0.2, -0.15) is 10.1 Å². The lowest BCUT2D eigenvalue weighted by atomic mass is 10.1. The van der Waals surface area contributed by atoms with Crippen LogP contribution in [0.1, 0.15) is 17.0 Å². The number of nitrogens with zero attached hydrogens (tertiary/aromatic N) is 5. The Morgan fingerprint density at radius 2 is 2.00 bits per heavy atom. The average molecular weight is 375 g/mol. The van der Waals surface area contributed by atoms with Gasteiger partial charge in [0.1, 0.15) is 5.82 Å². The number of imidazole rings is 1. The second kappa shape index (κ2) is 6.61. The van der Waals surface area contributed by atoms with E-state index < -0.39 is 0 Å². The van der Waals surface area contributed by atoms with Crippen LogP contribution in [0.3, 0.4) is 0 Å².